The van der Waals surface area contributed by atoms with Crippen molar-refractivity contribution in [2.45, 2.75) is 87.8 Å². The second-order valence-electron chi connectivity index (χ2n) is 8.04. The summed E-state index contributed by atoms with van der Waals surface area (Å²) in [6.07, 6.45) is 2.52. The molecule has 0 radical (unpaired) electrons. The minimum atomic E-state index is 0.305. The molecule has 192 valence electrons. The van der Waals surface area contributed by atoms with Gasteiger partial charge in [0.1, 0.15) is 0 Å². The number of halogens is 1. The Kier molecular flexibility index (Phi) is 21.8. The van der Waals surface area contributed by atoms with Gasteiger partial charge in [0.15, 0.2) is 0 Å². The number of rotatable bonds is 5. The Bertz CT molecular complexity index is 778. The van der Waals surface area contributed by atoms with Crippen LogP contribution < -0.4 is 0 Å². The SMILES string of the molecule is C=C(C)CC1CN(Cc2ccc(-c3cccc(C)c3)cc2)CO1.C=C(C)Cl.CC.CC.CCC. The highest BCUT2D eigenvalue weighted by Gasteiger charge is 2.22. The molecular formula is C31H50ClNO. The predicted molar refractivity (Wildman–Crippen MR) is 156 cm³/mol. The molecule has 0 amide bonds. The molecule has 0 saturated carbocycles. The van der Waals surface area contributed by atoms with E-state index >= 15 is 0 Å². The summed E-state index contributed by atoms with van der Waals surface area (Å²) in [5.74, 6) is 0. The Morgan fingerprint density at radius 1 is 0.971 bits per heavy atom. The first-order valence-electron chi connectivity index (χ1n) is 12.7. The summed E-state index contributed by atoms with van der Waals surface area (Å²) >= 11 is 5.08. The van der Waals surface area contributed by atoms with E-state index in [0.717, 1.165) is 26.2 Å². The largest absolute Gasteiger partial charge is 0.361 e. The van der Waals surface area contributed by atoms with Crippen molar-refractivity contribution in [3.63, 3.8) is 0 Å². The lowest BCUT2D eigenvalue weighted by Crippen LogP contribution is -2.21. The maximum atomic E-state index is 5.82. The van der Waals surface area contributed by atoms with Crippen LogP contribution in [0.5, 0.6) is 0 Å². The minimum absolute atomic E-state index is 0.305. The maximum Gasteiger partial charge on any atom is 0.0998 e. The van der Waals surface area contributed by atoms with Crippen LogP contribution in [0.2, 0.25) is 0 Å². The van der Waals surface area contributed by atoms with Crippen LogP contribution in [0.15, 0.2) is 72.3 Å². The van der Waals surface area contributed by atoms with Gasteiger partial charge in [0, 0.05) is 18.1 Å². The van der Waals surface area contributed by atoms with Gasteiger partial charge in [0.05, 0.1) is 12.8 Å². The lowest BCUT2D eigenvalue weighted by molar-refractivity contribution is 0.0882. The summed E-state index contributed by atoms with van der Waals surface area (Å²) in [5, 5.41) is 0.639. The van der Waals surface area contributed by atoms with Crippen LogP contribution in [0.25, 0.3) is 11.1 Å². The highest BCUT2D eigenvalue weighted by Crippen LogP contribution is 2.22. The normalized spacial score (nSPS) is 14.0. The van der Waals surface area contributed by atoms with E-state index in [2.05, 4.69) is 94.3 Å². The van der Waals surface area contributed by atoms with Gasteiger partial charge in [0.2, 0.25) is 0 Å². The smallest absolute Gasteiger partial charge is 0.0998 e. The topological polar surface area (TPSA) is 12.5 Å². The van der Waals surface area contributed by atoms with Crippen molar-refractivity contribution in [3.05, 3.63) is 83.4 Å². The summed E-state index contributed by atoms with van der Waals surface area (Å²) in [7, 11) is 0. The fourth-order valence-electron chi connectivity index (χ4n) is 3.11. The van der Waals surface area contributed by atoms with Crippen LogP contribution in [0.3, 0.4) is 0 Å². The number of hydrogen-bond donors (Lipinski definition) is 0. The van der Waals surface area contributed by atoms with Crippen molar-refractivity contribution in [1.82, 2.24) is 4.90 Å². The van der Waals surface area contributed by atoms with Crippen molar-refractivity contribution in [2.75, 3.05) is 13.3 Å². The molecule has 34 heavy (non-hydrogen) atoms. The van der Waals surface area contributed by atoms with Gasteiger partial charge < -0.3 is 4.74 Å². The Balaban J connectivity index is 0. The molecular weight excluding hydrogens is 438 g/mol. The zero-order valence-corrected chi connectivity index (χ0v) is 24.1. The van der Waals surface area contributed by atoms with Crippen LogP contribution in [0, 0.1) is 6.92 Å². The molecule has 1 fully saturated rings. The molecule has 1 heterocycles. The molecule has 2 nitrogen and oxygen atoms in total. The van der Waals surface area contributed by atoms with Crippen molar-refractivity contribution in [3.8, 4) is 11.1 Å². The average Bonchev–Trinajstić information content (AvgIpc) is 3.23. The highest BCUT2D eigenvalue weighted by atomic mass is 35.5. The Morgan fingerprint density at radius 3 is 1.97 bits per heavy atom. The predicted octanol–water partition coefficient (Wildman–Crippen LogP) is 10.0. The molecule has 1 aliphatic heterocycles. The van der Waals surface area contributed by atoms with Crippen LogP contribution in [-0.4, -0.2) is 24.3 Å². The number of aryl methyl sites for hydroxylation is 1. The Labute approximate surface area is 216 Å². The summed E-state index contributed by atoms with van der Waals surface area (Å²) in [4.78, 5) is 2.36. The fraction of sp³-hybridized carbons (Fsp3) is 0.484. The van der Waals surface area contributed by atoms with E-state index < -0.39 is 0 Å². The molecule has 3 heteroatoms. The van der Waals surface area contributed by atoms with Gasteiger partial charge in [-0.15, -0.1) is 6.58 Å². The first kappa shape index (κ1) is 34.3. The number of ether oxygens (including phenoxy) is 1. The minimum Gasteiger partial charge on any atom is -0.361 e. The van der Waals surface area contributed by atoms with Crippen molar-refractivity contribution >= 4 is 11.6 Å². The zero-order valence-electron chi connectivity index (χ0n) is 23.4. The molecule has 0 spiro atoms. The number of hydrogen-bond acceptors (Lipinski definition) is 2. The average molecular weight is 488 g/mol. The molecule has 1 saturated heterocycles. The Hall–Kier alpha value is -1.87. The van der Waals surface area contributed by atoms with E-state index in [4.69, 9.17) is 16.3 Å². The first-order valence-corrected chi connectivity index (χ1v) is 13.1. The van der Waals surface area contributed by atoms with Gasteiger partial charge in [-0.2, -0.15) is 0 Å². The zero-order chi connectivity index (χ0) is 26.5. The van der Waals surface area contributed by atoms with E-state index in [1.807, 2.05) is 27.7 Å². The summed E-state index contributed by atoms with van der Waals surface area (Å²) < 4.78 is 5.82. The monoisotopic (exact) mass is 487 g/mol. The molecule has 3 rings (SSSR count). The van der Waals surface area contributed by atoms with Crippen molar-refractivity contribution in [1.29, 1.82) is 0 Å². The third-order valence-corrected chi connectivity index (χ3v) is 4.24. The van der Waals surface area contributed by atoms with Crippen LogP contribution >= 0.6 is 11.6 Å². The lowest BCUT2D eigenvalue weighted by atomic mass is 10.0. The highest BCUT2D eigenvalue weighted by molar-refractivity contribution is 6.28. The molecule has 0 aliphatic carbocycles. The summed E-state index contributed by atoms with van der Waals surface area (Å²) in [6, 6.07) is 17.5. The molecule has 1 unspecified atom stereocenters. The number of allylic oxidation sites excluding steroid dienone is 1. The van der Waals surface area contributed by atoms with Crippen LogP contribution in [0.4, 0.5) is 0 Å². The fourth-order valence-corrected chi connectivity index (χ4v) is 3.11. The Morgan fingerprint density at radius 2 is 1.50 bits per heavy atom. The van der Waals surface area contributed by atoms with Gasteiger partial charge in [0.25, 0.3) is 0 Å². The van der Waals surface area contributed by atoms with Gasteiger partial charge in [-0.3, -0.25) is 4.90 Å². The molecule has 0 bridgehead atoms. The maximum absolute atomic E-state index is 5.82. The standard InChI is InChI=1S/C21H25NO.C3H5Cl.C3H8.2C2H6/c1-16(2)11-21-14-22(15-23-21)13-18-7-9-19(10-8-18)20-6-4-5-17(3)12-20;1-3(2)4;1-3-2;2*1-2/h4-10,12,21H,1,11,13-15H2,2-3H3;1H2,2H3;3H2,1-2H3;2*1-2H3. The molecule has 1 atom stereocenters. The van der Waals surface area contributed by atoms with E-state index in [1.165, 1.54) is 34.2 Å². The summed E-state index contributed by atoms with van der Waals surface area (Å²) in [5.41, 5.74) is 6.38. The first-order chi connectivity index (χ1) is 16.2. The van der Waals surface area contributed by atoms with E-state index in [9.17, 15) is 0 Å². The molecule has 0 aromatic heterocycles. The molecule has 0 N–H and O–H groups in total. The van der Waals surface area contributed by atoms with E-state index in [-0.39, 0.29) is 0 Å². The van der Waals surface area contributed by atoms with E-state index in [1.54, 1.807) is 6.92 Å². The van der Waals surface area contributed by atoms with Gasteiger partial charge in [-0.1, -0.05) is 126 Å². The quantitative estimate of drug-likeness (QED) is 0.389. The van der Waals surface area contributed by atoms with Crippen LogP contribution in [-0.2, 0) is 11.3 Å². The van der Waals surface area contributed by atoms with Gasteiger partial charge in [-0.25, -0.2) is 0 Å². The third-order valence-electron chi connectivity index (χ3n) is 4.24. The van der Waals surface area contributed by atoms with Gasteiger partial charge >= 0.3 is 0 Å². The molecule has 2 aromatic rings. The second-order valence-corrected chi connectivity index (χ2v) is 8.69. The lowest BCUT2D eigenvalue weighted by Gasteiger charge is -2.14. The molecule has 1 aliphatic rings. The number of nitrogens with zero attached hydrogens (tertiary/aromatic N) is 1. The van der Waals surface area contributed by atoms with Gasteiger partial charge in [-0.05, 0) is 43.9 Å². The summed E-state index contributed by atoms with van der Waals surface area (Å²) in [6.45, 7) is 28.1. The third kappa shape index (κ3) is 16.7. The second kappa shape index (κ2) is 21.6. The van der Waals surface area contributed by atoms with Crippen LogP contribution in [0.1, 0.15) is 79.4 Å². The number of benzene rings is 2. The molecule has 2 aromatic carbocycles. The van der Waals surface area contributed by atoms with Crippen molar-refractivity contribution < 1.29 is 4.74 Å². The van der Waals surface area contributed by atoms with Crippen molar-refractivity contribution in [2.24, 2.45) is 0 Å². The van der Waals surface area contributed by atoms with E-state index in [0.29, 0.717) is 11.1 Å².